The molecule has 2 aromatic rings. The molecule has 0 saturated heterocycles. The van der Waals surface area contributed by atoms with E-state index in [0.29, 0.717) is 5.69 Å². The summed E-state index contributed by atoms with van der Waals surface area (Å²) in [5.41, 5.74) is 7.17. The first-order valence-electron chi connectivity index (χ1n) is 6.84. The van der Waals surface area contributed by atoms with Crippen molar-refractivity contribution in [3.05, 3.63) is 48.5 Å². The zero-order valence-corrected chi connectivity index (χ0v) is 12.1. The van der Waals surface area contributed by atoms with Crippen LogP contribution in [0.3, 0.4) is 0 Å². The molecule has 0 saturated carbocycles. The maximum atomic E-state index is 12.6. The summed E-state index contributed by atoms with van der Waals surface area (Å²) in [6.07, 6.45) is 3.34. The van der Waals surface area contributed by atoms with Gasteiger partial charge in [-0.25, -0.2) is 9.78 Å². The van der Waals surface area contributed by atoms with Gasteiger partial charge >= 0.3 is 5.97 Å². The molecule has 2 rings (SSSR count). The number of rotatable bonds is 6. The number of aromatic nitrogens is 2. The highest BCUT2D eigenvalue weighted by atomic mass is 16.4. The maximum absolute atomic E-state index is 12.6. The number of nitrogens with two attached hydrogens (primary N) is 1. The van der Waals surface area contributed by atoms with Gasteiger partial charge in [0.2, 0.25) is 5.91 Å². The number of H-pyrrole nitrogens is 1. The SMILES string of the molecule is C[C@@H](C(=O)O)N(C(=O)[C@@H](N)Cc1cnc[nH]1)c1ccccc1. The topological polar surface area (TPSA) is 112 Å². The lowest BCUT2D eigenvalue weighted by atomic mass is 10.1. The summed E-state index contributed by atoms with van der Waals surface area (Å²) < 4.78 is 0. The van der Waals surface area contributed by atoms with Crippen LogP contribution in [0.25, 0.3) is 0 Å². The van der Waals surface area contributed by atoms with Crippen LogP contribution in [0, 0.1) is 0 Å². The van der Waals surface area contributed by atoms with E-state index in [4.69, 9.17) is 5.73 Å². The summed E-state index contributed by atoms with van der Waals surface area (Å²) in [6, 6.07) is 6.77. The molecule has 0 aliphatic carbocycles. The van der Waals surface area contributed by atoms with Crippen LogP contribution in [-0.2, 0) is 16.0 Å². The Morgan fingerprint density at radius 2 is 2.05 bits per heavy atom. The number of para-hydroxylation sites is 1. The van der Waals surface area contributed by atoms with E-state index in [1.54, 1.807) is 36.5 Å². The summed E-state index contributed by atoms with van der Waals surface area (Å²) in [5.74, 6) is -1.54. The van der Waals surface area contributed by atoms with Gasteiger partial charge in [-0.15, -0.1) is 0 Å². The number of carbonyl (C=O) groups is 2. The molecule has 0 spiro atoms. The van der Waals surface area contributed by atoms with Crippen LogP contribution in [-0.4, -0.2) is 39.0 Å². The number of nitrogens with zero attached hydrogens (tertiary/aromatic N) is 2. The average molecular weight is 302 g/mol. The van der Waals surface area contributed by atoms with Gasteiger partial charge in [0.25, 0.3) is 0 Å². The van der Waals surface area contributed by atoms with Gasteiger partial charge in [0, 0.05) is 24.0 Å². The van der Waals surface area contributed by atoms with Gasteiger partial charge in [-0.05, 0) is 19.1 Å². The number of imidazole rings is 1. The Kier molecular flexibility index (Phi) is 4.90. The predicted octanol–water partition coefficient (Wildman–Crippen LogP) is 0.786. The second-order valence-electron chi connectivity index (χ2n) is 4.95. The lowest BCUT2D eigenvalue weighted by molar-refractivity contribution is -0.139. The smallest absolute Gasteiger partial charge is 0.326 e. The largest absolute Gasteiger partial charge is 0.480 e. The molecule has 0 aliphatic rings. The Hall–Kier alpha value is -2.67. The van der Waals surface area contributed by atoms with Gasteiger partial charge in [-0.2, -0.15) is 0 Å². The Morgan fingerprint density at radius 3 is 2.59 bits per heavy atom. The number of carboxylic acid groups (broad SMARTS) is 1. The second-order valence-corrected chi connectivity index (χ2v) is 4.95. The van der Waals surface area contributed by atoms with Crippen LogP contribution in [0.4, 0.5) is 5.69 Å². The van der Waals surface area contributed by atoms with E-state index >= 15 is 0 Å². The Balaban J connectivity index is 2.24. The first-order chi connectivity index (χ1) is 10.5. The normalized spacial score (nSPS) is 13.4. The average Bonchev–Trinajstić information content (AvgIpc) is 3.01. The number of hydrogen-bond acceptors (Lipinski definition) is 4. The molecular weight excluding hydrogens is 284 g/mol. The van der Waals surface area contributed by atoms with E-state index in [2.05, 4.69) is 9.97 Å². The van der Waals surface area contributed by atoms with Gasteiger partial charge in [0.15, 0.2) is 0 Å². The summed E-state index contributed by atoms with van der Waals surface area (Å²) >= 11 is 0. The van der Waals surface area contributed by atoms with E-state index < -0.39 is 24.0 Å². The zero-order valence-electron chi connectivity index (χ0n) is 12.1. The highest BCUT2D eigenvalue weighted by Gasteiger charge is 2.30. The number of aromatic amines is 1. The molecule has 116 valence electrons. The summed E-state index contributed by atoms with van der Waals surface area (Å²) in [6.45, 7) is 1.45. The highest BCUT2D eigenvalue weighted by molar-refractivity contribution is 6.01. The summed E-state index contributed by atoms with van der Waals surface area (Å²) in [5, 5.41) is 9.25. The lowest BCUT2D eigenvalue weighted by Crippen LogP contribution is -2.51. The standard InChI is InChI=1S/C15H18N4O3/c1-10(15(21)22)19(12-5-3-2-4-6-12)14(20)13(16)7-11-8-17-9-18-11/h2-6,8-10,13H,7,16H2,1H3,(H,17,18)(H,21,22)/t10-,13-/m0/s1. The summed E-state index contributed by atoms with van der Waals surface area (Å²) in [4.78, 5) is 31.9. The molecule has 1 heterocycles. The highest BCUT2D eigenvalue weighted by Crippen LogP contribution is 2.18. The molecule has 22 heavy (non-hydrogen) atoms. The molecule has 0 radical (unpaired) electrons. The van der Waals surface area contributed by atoms with E-state index in [1.807, 2.05) is 0 Å². The molecule has 0 unspecified atom stereocenters. The quantitative estimate of drug-likeness (QED) is 0.730. The van der Waals surface area contributed by atoms with Gasteiger partial charge in [0.1, 0.15) is 6.04 Å². The van der Waals surface area contributed by atoms with Gasteiger partial charge in [-0.1, -0.05) is 18.2 Å². The molecule has 1 aromatic carbocycles. The predicted molar refractivity (Wildman–Crippen MR) is 81.3 cm³/mol. The number of nitrogens with one attached hydrogen (secondary N) is 1. The van der Waals surface area contributed by atoms with Crippen LogP contribution in [0.2, 0.25) is 0 Å². The molecule has 7 nitrogen and oxygen atoms in total. The van der Waals surface area contributed by atoms with Crippen molar-refractivity contribution in [2.45, 2.75) is 25.4 Å². The van der Waals surface area contributed by atoms with E-state index in [1.165, 1.54) is 18.2 Å². The van der Waals surface area contributed by atoms with Crippen molar-refractivity contribution in [2.24, 2.45) is 5.73 Å². The number of amides is 1. The number of carboxylic acids is 1. The minimum Gasteiger partial charge on any atom is -0.480 e. The maximum Gasteiger partial charge on any atom is 0.326 e. The Morgan fingerprint density at radius 1 is 1.36 bits per heavy atom. The molecule has 7 heteroatoms. The van der Waals surface area contributed by atoms with Crippen molar-refractivity contribution < 1.29 is 14.7 Å². The van der Waals surface area contributed by atoms with Crippen LogP contribution >= 0.6 is 0 Å². The Labute approximate surface area is 127 Å². The molecule has 1 aromatic heterocycles. The fraction of sp³-hybridized carbons (Fsp3) is 0.267. The molecule has 0 bridgehead atoms. The first kappa shape index (κ1) is 15.7. The van der Waals surface area contributed by atoms with Crippen LogP contribution in [0.5, 0.6) is 0 Å². The minimum absolute atomic E-state index is 0.258. The van der Waals surface area contributed by atoms with Crippen LogP contribution in [0.15, 0.2) is 42.9 Å². The number of hydrogen-bond donors (Lipinski definition) is 3. The van der Waals surface area contributed by atoms with Crippen LogP contribution in [0.1, 0.15) is 12.6 Å². The third kappa shape index (κ3) is 3.50. The lowest BCUT2D eigenvalue weighted by Gasteiger charge is -2.29. The first-order valence-corrected chi connectivity index (χ1v) is 6.84. The van der Waals surface area contributed by atoms with Crippen molar-refractivity contribution in [3.8, 4) is 0 Å². The number of aliphatic carboxylic acids is 1. The fourth-order valence-electron chi connectivity index (χ4n) is 2.14. The van der Waals surface area contributed by atoms with Crippen molar-refractivity contribution >= 4 is 17.6 Å². The molecule has 1 amide bonds. The van der Waals surface area contributed by atoms with Crippen molar-refractivity contribution in [1.82, 2.24) is 9.97 Å². The minimum atomic E-state index is -1.09. The third-order valence-corrected chi connectivity index (χ3v) is 3.33. The van der Waals surface area contributed by atoms with Gasteiger partial charge < -0.3 is 15.8 Å². The van der Waals surface area contributed by atoms with E-state index in [-0.39, 0.29) is 6.42 Å². The molecule has 4 N–H and O–H groups in total. The van der Waals surface area contributed by atoms with Crippen LogP contribution < -0.4 is 10.6 Å². The number of carbonyl (C=O) groups excluding carboxylic acids is 1. The third-order valence-electron chi connectivity index (χ3n) is 3.33. The van der Waals surface area contributed by atoms with Crippen molar-refractivity contribution in [3.63, 3.8) is 0 Å². The molecule has 0 aliphatic heterocycles. The fourth-order valence-corrected chi connectivity index (χ4v) is 2.14. The Bertz CT molecular complexity index is 628. The second kappa shape index (κ2) is 6.86. The number of anilines is 1. The van der Waals surface area contributed by atoms with Gasteiger partial charge in [0.05, 0.1) is 12.4 Å². The molecule has 0 fully saturated rings. The monoisotopic (exact) mass is 302 g/mol. The van der Waals surface area contributed by atoms with E-state index in [9.17, 15) is 14.7 Å². The molecule has 2 atom stereocenters. The van der Waals surface area contributed by atoms with Gasteiger partial charge in [-0.3, -0.25) is 9.69 Å². The van der Waals surface area contributed by atoms with Crippen molar-refractivity contribution in [2.75, 3.05) is 4.90 Å². The number of benzene rings is 1. The van der Waals surface area contributed by atoms with E-state index in [0.717, 1.165) is 5.69 Å². The molecular formula is C15H18N4O3. The van der Waals surface area contributed by atoms with Crippen molar-refractivity contribution in [1.29, 1.82) is 0 Å². The zero-order chi connectivity index (χ0) is 16.1. The summed E-state index contributed by atoms with van der Waals surface area (Å²) in [7, 11) is 0.